The fraction of sp³-hybridized carbons (Fsp3) is 0.0952. The summed E-state index contributed by atoms with van der Waals surface area (Å²) in [6.07, 6.45) is 0. The maximum Gasteiger partial charge on any atom is 0.255 e. The summed E-state index contributed by atoms with van der Waals surface area (Å²) >= 11 is 0. The van der Waals surface area contributed by atoms with Gasteiger partial charge in [-0.2, -0.15) is 0 Å². The van der Waals surface area contributed by atoms with E-state index in [-0.39, 0.29) is 22.7 Å². The van der Waals surface area contributed by atoms with Crippen LogP contribution in [0.25, 0.3) is 0 Å². The topological polar surface area (TPSA) is 75.3 Å². The van der Waals surface area contributed by atoms with Crippen LogP contribution in [0.15, 0.2) is 77.7 Å². The summed E-state index contributed by atoms with van der Waals surface area (Å²) in [6, 6.07) is 19.2. The van der Waals surface area contributed by atoms with Crippen LogP contribution in [0.4, 0.5) is 10.1 Å². The Morgan fingerprint density at radius 2 is 1.64 bits per heavy atom. The highest BCUT2D eigenvalue weighted by atomic mass is 32.2. The fourth-order valence-electron chi connectivity index (χ4n) is 2.64. The molecule has 0 aliphatic heterocycles. The number of amides is 1. The van der Waals surface area contributed by atoms with Crippen LogP contribution < -0.4 is 10.0 Å². The predicted molar refractivity (Wildman–Crippen MR) is 106 cm³/mol. The molecule has 0 unspecified atom stereocenters. The third-order valence-corrected chi connectivity index (χ3v) is 5.71. The van der Waals surface area contributed by atoms with E-state index in [4.69, 9.17) is 0 Å². The first-order chi connectivity index (χ1) is 13.4. The lowest BCUT2D eigenvalue weighted by atomic mass is 10.1. The van der Waals surface area contributed by atoms with Crippen molar-refractivity contribution in [2.45, 2.75) is 18.4 Å². The molecule has 1 amide bonds. The van der Waals surface area contributed by atoms with Crippen LogP contribution in [-0.4, -0.2) is 14.3 Å². The molecule has 3 rings (SSSR count). The van der Waals surface area contributed by atoms with Crippen molar-refractivity contribution >= 4 is 21.6 Å². The van der Waals surface area contributed by atoms with Crippen molar-refractivity contribution in [2.75, 3.05) is 5.32 Å². The smallest absolute Gasteiger partial charge is 0.255 e. The van der Waals surface area contributed by atoms with E-state index in [0.29, 0.717) is 5.56 Å². The maximum absolute atomic E-state index is 13.7. The number of nitrogens with one attached hydrogen (secondary N) is 2. The minimum atomic E-state index is -3.83. The number of hydrogen-bond acceptors (Lipinski definition) is 3. The van der Waals surface area contributed by atoms with E-state index in [0.717, 1.165) is 5.56 Å². The van der Waals surface area contributed by atoms with Crippen molar-refractivity contribution in [3.8, 4) is 0 Å². The largest absolute Gasteiger partial charge is 0.319 e. The zero-order chi connectivity index (χ0) is 20.1. The number of hydrogen-bond donors (Lipinski definition) is 2. The Hall–Kier alpha value is -3.03. The van der Waals surface area contributed by atoms with E-state index in [1.54, 1.807) is 19.1 Å². The van der Waals surface area contributed by atoms with E-state index in [1.165, 1.54) is 30.3 Å². The molecule has 7 heteroatoms. The quantitative estimate of drug-likeness (QED) is 0.662. The summed E-state index contributed by atoms with van der Waals surface area (Å²) in [5.74, 6) is -1.16. The van der Waals surface area contributed by atoms with Crippen molar-refractivity contribution in [3.05, 3.63) is 95.3 Å². The van der Waals surface area contributed by atoms with Crippen molar-refractivity contribution in [1.29, 1.82) is 0 Å². The van der Waals surface area contributed by atoms with Crippen molar-refractivity contribution in [2.24, 2.45) is 0 Å². The Labute approximate surface area is 163 Å². The number of aryl methyl sites for hydroxylation is 1. The molecule has 0 saturated carbocycles. The van der Waals surface area contributed by atoms with Crippen LogP contribution in [-0.2, 0) is 16.6 Å². The number of para-hydroxylation sites is 1. The second kappa shape index (κ2) is 8.33. The number of carbonyl (C=O) groups is 1. The van der Waals surface area contributed by atoms with Gasteiger partial charge in [0.05, 0.1) is 10.6 Å². The minimum Gasteiger partial charge on any atom is -0.319 e. The van der Waals surface area contributed by atoms with E-state index in [1.807, 2.05) is 30.3 Å². The summed E-state index contributed by atoms with van der Waals surface area (Å²) in [5, 5.41) is 2.45. The molecule has 0 aliphatic rings. The number of benzene rings is 3. The number of halogens is 1. The van der Waals surface area contributed by atoms with E-state index in [9.17, 15) is 17.6 Å². The Kier molecular flexibility index (Phi) is 5.87. The van der Waals surface area contributed by atoms with Gasteiger partial charge in [0, 0.05) is 12.1 Å². The summed E-state index contributed by atoms with van der Waals surface area (Å²) in [4.78, 5) is 12.4. The zero-order valence-corrected chi connectivity index (χ0v) is 16.0. The molecule has 3 aromatic rings. The summed E-state index contributed by atoms with van der Waals surface area (Å²) in [6.45, 7) is 1.78. The van der Waals surface area contributed by atoms with Gasteiger partial charge in [-0.05, 0) is 42.3 Å². The van der Waals surface area contributed by atoms with Crippen LogP contribution in [0.1, 0.15) is 21.5 Å². The van der Waals surface area contributed by atoms with E-state index in [2.05, 4.69) is 10.0 Å². The second-order valence-electron chi connectivity index (χ2n) is 6.22. The Morgan fingerprint density at radius 1 is 0.964 bits per heavy atom. The van der Waals surface area contributed by atoms with Crippen molar-refractivity contribution < 1.29 is 17.6 Å². The molecule has 3 aromatic carbocycles. The minimum absolute atomic E-state index is 0.00427. The van der Waals surface area contributed by atoms with Gasteiger partial charge in [0.1, 0.15) is 5.82 Å². The molecule has 0 aliphatic carbocycles. The standard InChI is InChI=1S/C21H19FN2O3S/c1-15-11-12-17(21(25)24-19-10-6-5-9-18(19)22)13-20(15)28(26,27)23-14-16-7-3-2-4-8-16/h2-13,23H,14H2,1H3,(H,24,25). The lowest BCUT2D eigenvalue weighted by Crippen LogP contribution is -2.24. The Bertz CT molecular complexity index is 1100. The van der Waals surface area contributed by atoms with Gasteiger partial charge in [-0.25, -0.2) is 17.5 Å². The second-order valence-corrected chi connectivity index (χ2v) is 7.96. The highest BCUT2D eigenvalue weighted by Gasteiger charge is 2.19. The highest BCUT2D eigenvalue weighted by molar-refractivity contribution is 7.89. The van der Waals surface area contributed by atoms with E-state index < -0.39 is 21.7 Å². The molecule has 0 spiro atoms. The molecule has 0 radical (unpaired) electrons. The highest BCUT2D eigenvalue weighted by Crippen LogP contribution is 2.19. The normalized spacial score (nSPS) is 11.2. The van der Waals surface area contributed by atoms with E-state index >= 15 is 0 Å². The Morgan fingerprint density at radius 3 is 2.36 bits per heavy atom. The third-order valence-electron chi connectivity index (χ3n) is 4.17. The molecule has 5 nitrogen and oxygen atoms in total. The first-order valence-corrected chi connectivity index (χ1v) is 10.1. The number of carbonyl (C=O) groups excluding carboxylic acids is 1. The SMILES string of the molecule is Cc1ccc(C(=O)Nc2ccccc2F)cc1S(=O)(=O)NCc1ccccc1. The maximum atomic E-state index is 13.7. The zero-order valence-electron chi connectivity index (χ0n) is 15.1. The number of rotatable bonds is 6. The average Bonchev–Trinajstić information content (AvgIpc) is 2.69. The van der Waals surface area contributed by atoms with Crippen LogP contribution in [0, 0.1) is 12.7 Å². The van der Waals surface area contributed by atoms with Crippen molar-refractivity contribution in [3.63, 3.8) is 0 Å². The molecule has 0 bridgehead atoms. The Balaban J connectivity index is 1.82. The van der Waals surface area contributed by atoms with Gasteiger partial charge in [-0.1, -0.05) is 48.5 Å². The third kappa shape index (κ3) is 4.62. The lowest BCUT2D eigenvalue weighted by Gasteiger charge is -2.12. The number of anilines is 1. The van der Waals surface area contributed by atoms with Crippen LogP contribution in [0.5, 0.6) is 0 Å². The molecule has 144 valence electrons. The molecule has 2 N–H and O–H groups in total. The van der Waals surface area contributed by atoms with Gasteiger partial charge in [-0.3, -0.25) is 4.79 Å². The van der Waals surface area contributed by atoms with Crippen LogP contribution >= 0.6 is 0 Å². The van der Waals surface area contributed by atoms with Gasteiger partial charge in [0.25, 0.3) is 5.91 Å². The first kappa shape index (κ1) is 19.7. The lowest BCUT2D eigenvalue weighted by molar-refractivity contribution is 0.102. The van der Waals surface area contributed by atoms with Crippen LogP contribution in [0.3, 0.4) is 0 Å². The molecular weight excluding hydrogens is 379 g/mol. The molecule has 0 fully saturated rings. The van der Waals surface area contributed by atoms with Gasteiger partial charge in [0.2, 0.25) is 10.0 Å². The van der Waals surface area contributed by atoms with Gasteiger partial charge in [-0.15, -0.1) is 0 Å². The summed E-state index contributed by atoms with van der Waals surface area (Å²) in [7, 11) is -3.83. The summed E-state index contributed by atoms with van der Waals surface area (Å²) in [5.41, 5.74) is 1.47. The first-order valence-electron chi connectivity index (χ1n) is 8.57. The monoisotopic (exact) mass is 398 g/mol. The number of sulfonamides is 1. The summed E-state index contributed by atoms with van der Waals surface area (Å²) < 4.78 is 41.7. The van der Waals surface area contributed by atoms with Crippen LogP contribution in [0.2, 0.25) is 0 Å². The van der Waals surface area contributed by atoms with Crippen molar-refractivity contribution in [1.82, 2.24) is 4.72 Å². The van der Waals surface area contributed by atoms with Gasteiger partial charge in [0.15, 0.2) is 0 Å². The fourth-order valence-corrected chi connectivity index (χ4v) is 3.93. The molecule has 0 aromatic heterocycles. The molecule has 0 heterocycles. The molecule has 0 saturated heterocycles. The predicted octanol–water partition coefficient (Wildman–Crippen LogP) is 3.86. The average molecular weight is 398 g/mol. The molecular formula is C21H19FN2O3S. The van der Waals surface area contributed by atoms with Gasteiger partial charge >= 0.3 is 0 Å². The van der Waals surface area contributed by atoms with Gasteiger partial charge < -0.3 is 5.32 Å². The molecule has 28 heavy (non-hydrogen) atoms. The molecule has 0 atom stereocenters.